The topological polar surface area (TPSA) is 137 Å². The maximum absolute atomic E-state index is 13.4. The van der Waals surface area contributed by atoms with Crippen LogP contribution in [-0.4, -0.2) is 72.5 Å². The van der Waals surface area contributed by atoms with Gasteiger partial charge in [-0.2, -0.15) is 0 Å². The van der Waals surface area contributed by atoms with E-state index in [1.54, 1.807) is 20.8 Å². The van der Waals surface area contributed by atoms with Gasteiger partial charge >= 0.3 is 18.0 Å². The van der Waals surface area contributed by atoms with Crippen molar-refractivity contribution in [3.8, 4) is 0 Å². The van der Waals surface area contributed by atoms with Crippen LogP contribution in [0.4, 0.5) is 4.79 Å². The average molecular weight is 482 g/mol. The molecule has 0 aliphatic carbocycles. The number of nitrogens with one attached hydrogen (secondary N) is 2. The van der Waals surface area contributed by atoms with Crippen molar-refractivity contribution < 1.29 is 33.8 Å². The zero-order valence-electron chi connectivity index (χ0n) is 20.7. The van der Waals surface area contributed by atoms with Crippen LogP contribution in [0.1, 0.15) is 72.1 Å². The summed E-state index contributed by atoms with van der Waals surface area (Å²) in [5.74, 6) is -1.56. The minimum Gasteiger partial charge on any atom is -0.467 e. The number of hydrogen-bond acceptors (Lipinski definition) is 7. The standard InChI is InChI=1S/C24H39N3O7/c1-24(2,3)34-23(32)26-17-12-10-8-6-5-7-9-11-13-18(22(31)33-4)25-20(29)19-14-16(28)15-27(19)21(17)30/h7,9,16-19,28H,5-6,8,10-15H2,1-4H3,(H,25,29)(H,26,32)/q+1. The molecule has 191 valence electrons. The molecule has 34 heavy (non-hydrogen) atoms. The third-order valence-corrected chi connectivity index (χ3v) is 5.81. The van der Waals surface area contributed by atoms with Crippen LogP contribution in [0.5, 0.6) is 0 Å². The van der Waals surface area contributed by atoms with Crippen molar-refractivity contribution in [2.75, 3.05) is 13.7 Å². The summed E-state index contributed by atoms with van der Waals surface area (Å²) in [5.41, 5.74) is -0.729. The van der Waals surface area contributed by atoms with Gasteiger partial charge < -0.3 is 25.2 Å². The van der Waals surface area contributed by atoms with Gasteiger partial charge in [-0.25, -0.2) is 14.4 Å². The summed E-state index contributed by atoms with van der Waals surface area (Å²) in [5, 5.41) is 15.6. The highest BCUT2D eigenvalue weighted by Crippen LogP contribution is 2.20. The van der Waals surface area contributed by atoms with E-state index in [2.05, 4.69) is 10.6 Å². The highest BCUT2D eigenvalue weighted by molar-refractivity contribution is 5.95. The predicted octanol–water partition coefficient (Wildman–Crippen LogP) is 1.64. The first-order valence-corrected chi connectivity index (χ1v) is 12.0. The average Bonchev–Trinajstić information content (AvgIpc) is 3.15. The molecular weight excluding hydrogens is 442 g/mol. The lowest BCUT2D eigenvalue weighted by molar-refractivity contribution is -0.145. The number of carbonyl (C=O) groups excluding carboxylic acids is 4. The highest BCUT2D eigenvalue weighted by Gasteiger charge is 2.52. The van der Waals surface area contributed by atoms with Gasteiger partial charge in [0.15, 0.2) is 12.6 Å². The molecule has 1 saturated heterocycles. The largest absolute Gasteiger partial charge is 0.467 e. The number of methoxy groups -OCH3 is 1. The van der Waals surface area contributed by atoms with Crippen molar-refractivity contribution >= 4 is 23.9 Å². The Bertz CT molecular complexity index is 762. The van der Waals surface area contributed by atoms with Crippen LogP contribution in [0.3, 0.4) is 0 Å². The number of fused-ring (bicyclic) bond motifs is 1. The fraction of sp³-hybridized carbons (Fsp3) is 0.750. The van der Waals surface area contributed by atoms with Gasteiger partial charge in [-0.1, -0.05) is 29.9 Å². The second-order valence-electron chi connectivity index (χ2n) is 9.87. The van der Waals surface area contributed by atoms with Crippen molar-refractivity contribution in [3.63, 3.8) is 0 Å². The highest BCUT2D eigenvalue weighted by atomic mass is 16.6. The molecule has 0 spiro atoms. The molecule has 1 radical (unpaired) electrons. The first-order valence-electron chi connectivity index (χ1n) is 12.0. The molecule has 1 fully saturated rings. The zero-order chi connectivity index (χ0) is 25.3. The quantitative estimate of drug-likeness (QED) is 0.310. The SMILES string of the molecule is COC(=O)C1CCC=CCCCCCC(NC(=O)OC(C)(C)C)C(=O)[N+]2CC(O)CC2C(=O)N1. The number of hydrogen-bond donors (Lipinski definition) is 3. The van der Waals surface area contributed by atoms with Gasteiger partial charge in [-0.15, -0.1) is 0 Å². The third kappa shape index (κ3) is 8.72. The van der Waals surface area contributed by atoms with Crippen LogP contribution in [0, 0.1) is 0 Å². The Morgan fingerprint density at radius 1 is 1.12 bits per heavy atom. The van der Waals surface area contributed by atoms with E-state index in [-0.39, 0.29) is 13.0 Å². The molecule has 10 heteroatoms. The smallest absolute Gasteiger partial charge is 0.408 e. The summed E-state index contributed by atoms with van der Waals surface area (Å²) < 4.78 is 10.2. The van der Waals surface area contributed by atoms with Crippen molar-refractivity contribution in [2.45, 2.75) is 102 Å². The Morgan fingerprint density at radius 2 is 1.82 bits per heavy atom. The molecule has 3 N–H and O–H groups in total. The molecule has 4 unspecified atom stereocenters. The van der Waals surface area contributed by atoms with Gasteiger partial charge in [-0.3, -0.25) is 4.79 Å². The Balaban J connectivity index is 2.26. The molecule has 4 atom stereocenters. The molecule has 0 aromatic heterocycles. The summed E-state index contributed by atoms with van der Waals surface area (Å²) in [6, 6.07) is -2.71. The number of nitrogens with zero attached hydrogens (tertiary/aromatic N) is 1. The van der Waals surface area contributed by atoms with Gasteiger partial charge in [0.05, 0.1) is 7.11 Å². The van der Waals surface area contributed by atoms with E-state index in [0.29, 0.717) is 25.7 Å². The monoisotopic (exact) mass is 481 g/mol. The normalized spacial score (nSPS) is 28.0. The fourth-order valence-corrected chi connectivity index (χ4v) is 4.16. The van der Waals surface area contributed by atoms with E-state index >= 15 is 0 Å². The number of ether oxygens (including phenoxy) is 2. The first kappa shape index (κ1) is 27.8. The first-order chi connectivity index (χ1) is 16.0. The van der Waals surface area contributed by atoms with Crippen molar-refractivity contribution in [2.24, 2.45) is 0 Å². The van der Waals surface area contributed by atoms with Gasteiger partial charge in [0.1, 0.15) is 17.7 Å². The lowest BCUT2D eigenvalue weighted by atomic mass is 10.0. The van der Waals surface area contributed by atoms with Gasteiger partial charge in [0, 0.05) is 6.42 Å². The predicted molar refractivity (Wildman–Crippen MR) is 125 cm³/mol. The van der Waals surface area contributed by atoms with Crippen LogP contribution in [-0.2, 0) is 23.9 Å². The molecule has 2 aliphatic rings. The number of rotatable bonds is 2. The molecule has 10 nitrogen and oxygen atoms in total. The van der Waals surface area contributed by atoms with E-state index in [1.165, 1.54) is 12.0 Å². The number of amides is 3. The van der Waals surface area contributed by atoms with Crippen LogP contribution in [0.15, 0.2) is 12.2 Å². The molecule has 3 amide bonds. The molecule has 2 aliphatic heterocycles. The summed E-state index contributed by atoms with van der Waals surface area (Å²) in [7, 11) is 1.26. The minimum absolute atomic E-state index is 0.0327. The Kier molecular flexibility index (Phi) is 10.5. The van der Waals surface area contributed by atoms with Gasteiger partial charge in [0.2, 0.25) is 6.04 Å². The summed E-state index contributed by atoms with van der Waals surface area (Å²) in [4.78, 5) is 52.4. The number of esters is 1. The molecular formula is C24H39N3O7+. The Morgan fingerprint density at radius 3 is 2.50 bits per heavy atom. The van der Waals surface area contributed by atoms with Crippen LogP contribution >= 0.6 is 0 Å². The van der Waals surface area contributed by atoms with Crippen LogP contribution < -0.4 is 15.5 Å². The minimum atomic E-state index is -0.957. The third-order valence-electron chi connectivity index (χ3n) is 5.81. The zero-order valence-corrected chi connectivity index (χ0v) is 20.7. The number of aliphatic hydroxyl groups excluding tert-OH is 1. The van der Waals surface area contributed by atoms with Crippen molar-refractivity contribution in [1.82, 2.24) is 15.5 Å². The summed E-state index contributed by atoms with van der Waals surface area (Å²) in [6.45, 7) is 5.16. The number of carbonyl (C=O) groups is 4. The molecule has 0 saturated carbocycles. The van der Waals surface area contributed by atoms with Crippen molar-refractivity contribution in [3.05, 3.63) is 12.2 Å². The molecule has 0 bridgehead atoms. The number of allylic oxidation sites excluding steroid dienone is 2. The molecule has 2 heterocycles. The summed E-state index contributed by atoms with van der Waals surface area (Å²) >= 11 is 0. The van der Waals surface area contributed by atoms with E-state index < -0.39 is 53.7 Å². The van der Waals surface area contributed by atoms with Crippen LogP contribution in [0.2, 0.25) is 0 Å². The van der Waals surface area contributed by atoms with Gasteiger partial charge in [0.25, 0.3) is 5.91 Å². The molecule has 0 aromatic carbocycles. The van der Waals surface area contributed by atoms with E-state index in [9.17, 15) is 24.3 Å². The van der Waals surface area contributed by atoms with Gasteiger partial charge in [-0.05, 0) is 52.9 Å². The van der Waals surface area contributed by atoms with E-state index in [1.807, 2.05) is 12.2 Å². The maximum atomic E-state index is 13.4. The lowest BCUT2D eigenvalue weighted by Crippen LogP contribution is -2.58. The molecule has 0 aromatic rings. The molecule has 2 rings (SSSR count). The fourth-order valence-electron chi connectivity index (χ4n) is 4.16. The lowest BCUT2D eigenvalue weighted by Gasteiger charge is -2.24. The number of alkyl carbamates (subject to hydrolysis) is 1. The maximum Gasteiger partial charge on any atom is 0.408 e. The van der Waals surface area contributed by atoms with E-state index in [0.717, 1.165) is 19.3 Å². The van der Waals surface area contributed by atoms with Crippen molar-refractivity contribution in [1.29, 1.82) is 0 Å². The Hall–Kier alpha value is -2.46. The van der Waals surface area contributed by atoms with Crippen LogP contribution in [0.25, 0.3) is 0 Å². The second kappa shape index (κ2) is 12.9. The Labute approximate surface area is 201 Å². The van der Waals surface area contributed by atoms with E-state index in [4.69, 9.17) is 9.47 Å². The second-order valence-corrected chi connectivity index (χ2v) is 9.87. The number of aliphatic hydroxyl groups is 1. The summed E-state index contributed by atoms with van der Waals surface area (Å²) in [6.07, 6.45) is 7.16.